The molecule has 1 aromatic heterocycles. The normalized spacial score (nSPS) is 10.6. The number of aromatic nitrogens is 3. The highest BCUT2D eigenvalue weighted by atomic mass is 19.1. The summed E-state index contributed by atoms with van der Waals surface area (Å²) in [6.07, 6.45) is 1.51. The van der Waals surface area contributed by atoms with Crippen molar-refractivity contribution in [1.29, 1.82) is 0 Å². The van der Waals surface area contributed by atoms with E-state index in [9.17, 15) is 18.7 Å². The molecule has 0 amide bonds. The summed E-state index contributed by atoms with van der Waals surface area (Å²) < 4.78 is 32.8. The number of carbonyl (C=O) groups is 1. The van der Waals surface area contributed by atoms with Crippen LogP contribution in [0.4, 0.5) is 8.78 Å². The number of rotatable bonds is 6. The summed E-state index contributed by atoms with van der Waals surface area (Å²) in [6.45, 7) is -0.0807. The summed E-state index contributed by atoms with van der Waals surface area (Å²) in [4.78, 5) is 12.1. The van der Waals surface area contributed by atoms with Gasteiger partial charge < -0.3 is 9.84 Å². The van der Waals surface area contributed by atoms with Crippen molar-refractivity contribution in [1.82, 2.24) is 15.0 Å². The van der Waals surface area contributed by atoms with Crippen molar-refractivity contribution in [3.8, 4) is 11.5 Å². The van der Waals surface area contributed by atoms with Crippen LogP contribution in [0.5, 0.6) is 11.5 Å². The molecule has 0 saturated heterocycles. The van der Waals surface area contributed by atoms with Crippen LogP contribution in [0.2, 0.25) is 0 Å². The molecule has 0 radical (unpaired) electrons. The number of hydrogen-bond donors (Lipinski definition) is 1. The van der Waals surface area contributed by atoms with Crippen molar-refractivity contribution in [2.24, 2.45) is 0 Å². The summed E-state index contributed by atoms with van der Waals surface area (Å²) in [5, 5.41) is 16.9. The Labute approximate surface area is 141 Å². The minimum atomic E-state index is -0.738. The Morgan fingerprint density at radius 1 is 1.12 bits per heavy atom. The Morgan fingerprint density at radius 3 is 2.48 bits per heavy atom. The van der Waals surface area contributed by atoms with E-state index in [1.54, 1.807) is 0 Å². The second-order valence-corrected chi connectivity index (χ2v) is 5.27. The van der Waals surface area contributed by atoms with E-state index in [1.165, 1.54) is 35.1 Å². The van der Waals surface area contributed by atoms with Gasteiger partial charge in [-0.25, -0.2) is 13.5 Å². The standard InChI is InChI=1S/C17H13F2N3O3/c18-12-5-13(19)7-16(6-12)25-10-14-8-22(21-20-14)9-17(24)11-1-3-15(23)4-2-11/h1-8,23H,9-10H2. The van der Waals surface area contributed by atoms with E-state index < -0.39 is 11.6 Å². The van der Waals surface area contributed by atoms with Crippen molar-refractivity contribution < 1.29 is 23.4 Å². The zero-order chi connectivity index (χ0) is 17.8. The molecule has 6 nitrogen and oxygen atoms in total. The average Bonchev–Trinajstić information content (AvgIpc) is 3.00. The third kappa shape index (κ3) is 4.37. The Kier molecular flexibility index (Phi) is 4.69. The predicted octanol–water partition coefficient (Wildman–Crippen LogP) is 2.72. The van der Waals surface area contributed by atoms with E-state index in [0.717, 1.165) is 18.2 Å². The van der Waals surface area contributed by atoms with Gasteiger partial charge in [0, 0.05) is 23.8 Å². The fraction of sp³-hybridized carbons (Fsp3) is 0.118. The molecular formula is C17H13F2N3O3. The van der Waals surface area contributed by atoms with Gasteiger partial charge in [0.25, 0.3) is 0 Å². The molecule has 0 spiro atoms. The maximum absolute atomic E-state index is 13.1. The van der Waals surface area contributed by atoms with Gasteiger partial charge in [0.1, 0.15) is 42.0 Å². The minimum Gasteiger partial charge on any atom is -0.508 e. The van der Waals surface area contributed by atoms with Gasteiger partial charge in [0.15, 0.2) is 5.78 Å². The van der Waals surface area contributed by atoms with E-state index in [0.29, 0.717) is 11.3 Å². The van der Waals surface area contributed by atoms with Gasteiger partial charge in [0.2, 0.25) is 0 Å². The molecule has 0 bridgehead atoms. The molecule has 128 valence electrons. The highest BCUT2D eigenvalue weighted by Crippen LogP contribution is 2.16. The largest absolute Gasteiger partial charge is 0.508 e. The molecule has 1 N–H and O–H groups in total. The highest BCUT2D eigenvalue weighted by molar-refractivity contribution is 5.95. The summed E-state index contributed by atoms with van der Waals surface area (Å²) in [6, 6.07) is 8.73. The van der Waals surface area contributed by atoms with Gasteiger partial charge in [0.05, 0.1) is 6.20 Å². The molecule has 0 fully saturated rings. The van der Waals surface area contributed by atoms with Crippen LogP contribution in [-0.2, 0) is 13.2 Å². The van der Waals surface area contributed by atoms with Gasteiger partial charge in [-0.05, 0) is 24.3 Å². The SMILES string of the molecule is O=C(Cn1cc(COc2cc(F)cc(F)c2)nn1)c1ccc(O)cc1. The molecular weight excluding hydrogens is 332 g/mol. The van der Waals surface area contributed by atoms with E-state index in [1.807, 2.05) is 0 Å². The molecule has 2 aromatic carbocycles. The number of benzene rings is 2. The molecule has 0 aliphatic heterocycles. The second-order valence-electron chi connectivity index (χ2n) is 5.27. The maximum atomic E-state index is 13.1. The zero-order valence-corrected chi connectivity index (χ0v) is 12.9. The Balaban J connectivity index is 1.60. The fourth-order valence-electron chi connectivity index (χ4n) is 2.14. The number of hydrogen-bond acceptors (Lipinski definition) is 5. The lowest BCUT2D eigenvalue weighted by Crippen LogP contribution is -2.10. The lowest BCUT2D eigenvalue weighted by Gasteiger charge is -2.04. The van der Waals surface area contributed by atoms with Crippen LogP contribution in [0.3, 0.4) is 0 Å². The third-order valence-electron chi connectivity index (χ3n) is 3.30. The Hall–Kier alpha value is -3.29. The summed E-state index contributed by atoms with van der Waals surface area (Å²) >= 11 is 0. The summed E-state index contributed by atoms with van der Waals surface area (Å²) in [5.74, 6) is -1.57. The first-order chi connectivity index (χ1) is 12.0. The van der Waals surface area contributed by atoms with E-state index in [4.69, 9.17) is 4.74 Å². The Bertz CT molecular complexity index is 874. The number of halogens is 2. The van der Waals surface area contributed by atoms with E-state index >= 15 is 0 Å². The quantitative estimate of drug-likeness (QED) is 0.695. The van der Waals surface area contributed by atoms with Gasteiger partial charge >= 0.3 is 0 Å². The van der Waals surface area contributed by atoms with Crippen molar-refractivity contribution in [2.75, 3.05) is 0 Å². The second kappa shape index (κ2) is 7.08. The molecule has 0 atom stereocenters. The monoisotopic (exact) mass is 345 g/mol. The van der Waals surface area contributed by atoms with Gasteiger partial charge in [-0.15, -0.1) is 5.10 Å². The summed E-state index contributed by atoms with van der Waals surface area (Å²) in [5.41, 5.74) is 0.838. The van der Waals surface area contributed by atoms with Crippen LogP contribution in [0.15, 0.2) is 48.7 Å². The van der Waals surface area contributed by atoms with Crippen molar-refractivity contribution in [3.05, 3.63) is 71.6 Å². The number of phenols is 1. The lowest BCUT2D eigenvalue weighted by molar-refractivity contribution is 0.0967. The van der Waals surface area contributed by atoms with Gasteiger partial charge in [-0.1, -0.05) is 5.21 Å². The van der Waals surface area contributed by atoms with Crippen LogP contribution in [0.25, 0.3) is 0 Å². The molecule has 3 aromatic rings. The number of nitrogens with zero attached hydrogens (tertiary/aromatic N) is 3. The first-order valence-electron chi connectivity index (χ1n) is 7.30. The first kappa shape index (κ1) is 16.6. The predicted molar refractivity (Wildman–Crippen MR) is 83.1 cm³/mol. The molecule has 25 heavy (non-hydrogen) atoms. The van der Waals surface area contributed by atoms with Crippen LogP contribution in [0, 0.1) is 11.6 Å². The number of ketones is 1. The number of aromatic hydroxyl groups is 1. The smallest absolute Gasteiger partial charge is 0.184 e. The number of ether oxygens (including phenoxy) is 1. The van der Waals surface area contributed by atoms with Crippen molar-refractivity contribution >= 4 is 5.78 Å². The molecule has 0 aliphatic rings. The van der Waals surface area contributed by atoms with Gasteiger partial charge in [-0.3, -0.25) is 4.79 Å². The Morgan fingerprint density at radius 2 is 1.80 bits per heavy atom. The third-order valence-corrected chi connectivity index (χ3v) is 3.30. The first-order valence-corrected chi connectivity index (χ1v) is 7.30. The van der Waals surface area contributed by atoms with Crippen molar-refractivity contribution in [2.45, 2.75) is 13.2 Å². The maximum Gasteiger partial charge on any atom is 0.184 e. The molecule has 3 rings (SSSR count). The van der Waals surface area contributed by atoms with Crippen molar-refractivity contribution in [3.63, 3.8) is 0 Å². The summed E-state index contributed by atoms with van der Waals surface area (Å²) in [7, 11) is 0. The van der Waals surface area contributed by atoms with Crippen LogP contribution >= 0.6 is 0 Å². The van der Waals surface area contributed by atoms with Crippen LogP contribution in [0.1, 0.15) is 16.1 Å². The number of Topliss-reactive ketones (excluding diaryl/α,β-unsaturated/α-hetero) is 1. The van der Waals surface area contributed by atoms with Crippen LogP contribution < -0.4 is 4.74 Å². The van der Waals surface area contributed by atoms with Gasteiger partial charge in [-0.2, -0.15) is 0 Å². The molecule has 0 saturated carbocycles. The minimum absolute atomic E-state index is 0.0345. The zero-order valence-electron chi connectivity index (χ0n) is 12.9. The molecule has 0 aliphatic carbocycles. The topological polar surface area (TPSA) is 77.2 Å². The molecule has 0 unspecified atom stereocenters. The fourth-order valence-corrected chi connectivity index (χ4v) is 2.14. The van der Waals surface area contributed by atoms with Crippen LogP contribution in [-0.4, -0.2) is 25.9 Å². The highest BCUT2D eigenvalue weighted by Gasteiger charge is 2.10. The average molecular weight is 345 g/mol. The van der Waals surface area contributed by atoms with E-state index in [-0.39, 0.29) is 30.4 Å². The number of phenolic OH excluding ortho intramolecular Hbond substituents is 1. The number of carbonyl (C=O) groups excluding carboxylic acids is 1. The van der Waals surface area contributed by atoms with E-state index in [2.05, 4.69) is 10.3 Å². The molecule has 8 heteroatoms. The molecule has 1 heterocycles. The lowest BCUT2D eigenvalue weighted by atomic mass is 10.1.